The molecule has 1 fully saturated rings. The van der Waals surface area contributed by atoms with Crippen molar-refractivity contribution in [1.29, 1.82) is 0 Å². The van der Waals surface area contributed by atoms with Gasteiger partial charge in [0.1, 0.15) is 5.75 Å². The first kappa shape index (κ1) is 19.6. The first-order valence-electron chi connectivity index (χ1n) is 9.40. The minimum atomic E-state index is -0.229. The highest BCUT2D eigenvalue weighted by atomic mass is 16.5. The monoisotopic (exact) mass is 380 g/mol. The van der Waals surface area contributed by atoms with Gasteiger partial charge in [0.15, 0.2) is 12.4 Å². The number of rotatable bonds is 6. The van der Waals surface area contributed by atoms with E-state index in [0.717, 1.165) is 18.5 Å². The molecule has 3 rings (SSSR count). The highest BCUT2D eigenvalue weighted by Crippen LogP contribution is 2.19. The Labute approximate surface area is 164 Å². The van der Waals surface area contributed by atoms with E-state index in [4.69, 9.17) is 4.74 Å². The van der Waals surface area contributed by atoms with E-state index in [1.807, 2.05) is 30.3 Å². The summed E-state index contributed by atoms with van der Waals surface area (Å²) in [6.45, 7) is 2.43. The summed E-state index contributed by atoms with van der Waals surface area (Å²) in [7, 11) is 0. The van der Waals surface area contributed by atoms with Crippen molar-refractivity contribution in [1.82, 2.24) is 4.90 Å². The number of hydrogen-bond donors (Lipinski definition) is 1. The molecule has 0 saturated carbocycles. The van der Waals surface area contributed by atoms with Crippen LogP contribution in [0.3, 0.4) is 0 Å². The molecule has 1 unspecified atom stereocenters. The number of para-hydroxylation sites is 1. The lowest BCUT2D eigenvalue weighted by Gasteiger charge is -2.32. The Bertz CT molecular complexity index is 833. The number of piperidine rings is 1. The molecule has 1 atom stereocenters. The van der Waals surface area contributed by atoms with E-state index < -0.39 is 0 Å². The SMILES string of the molecule is CC(=O)c1ccc(OCC(=O)N2CCCC(C(=O)Nc3ccccc3)C2)cc1. The van der Waals surface area contributed by atoms with Crippen molar-refractivity contribution in [2.45, 2.75) is 19.8 Å². The molecule has 0 bridgehead atoms. The van der Waals surface area contributed by atoms with Crippen LogP contribution in [0.15, 0.2) is 54.6 Å². The molecule has 146 valence electrons. The average molecular weight is 380 g/mol. The largest absolute Gasteiger partial charge is 0.484 e. The molecule has 28 heavy (non-hydrogen) atoms. The third-order valence-electron chi connectivity index (χ3n) is 4.81. The molecular weight excluding hydrogens is 356 g/mol. The molecular formula is C22H24N2O4. The third kappa shape index (κ3) is 5.19. The molecule has 1 N–H and O–H groups in total. The number of hydrogen-bond acceptors (Lipinski definition) is 4. The van der Waals surface area contributed by atoms with E-state index >= 15 is 0 Å². The summed E-state index contributed by atoms with van der Waals surface area (Å²) >= 11 is 0. The Morgan fingerprint density at radius 2 is 1.79 bits per heavy atom. The second-order valence-corrected chi connectivity index (χ2v) is 6.90. The first-order chi connectivity index (χ1) is 13.5. The molecule has 1 aliphatic heterocycles. The van der Waals surface area contributed by atoms with Gasteiger partial charge in [-0.2, -0.15) is 0 Å². The zero-order valence-corrected chi connectivity index (χ0v) is 15.9. The Kier molecular flexibility index (Phi) is 6.42. The van der Waals surface area contributed by atoms with Crippen LogP contribution >= 0.6 is 0 Å². The van der Waals surface area contributed by atoms with Crippen LogP contribution in [0.2, 0.25) is 0 Å². The number of anilines is 1. The van der Waals surface area contributed by atoms with Crippen LogP contribution in [0.25, 0.3) is 0 Å². The third-order valence-corrected chi connectivity index (χ3v) is 4.81. The van der Waals surface area contributed by atoms with Gasteiger partial charge in [-0.1, -0.05) is 18.2 Å². The number of nitrogens with one attached hydrogen (secondary N) is 1. The van der Waals surface area contributed by atoms with Gasteiger partial charge in [-0.05, 0) is 56.2 Å². The maximum Gasteiger partial charge on any atom is 0.260 e. The molecule has 6 heteroatoms. The maximum atomic E-state index is 12.5. The first-order valence-corrected chi connectivity index (χ1v) is 9.40. The highest BCUT2D eigenvalue weighted by molar-refractivity contribution is 5.94. The number of ether oxygens (including phenoxy) is 1. The molecule has 6 nitrogen and oxygen atoms in total. The van der Waals surface area contributed by atoms with Crippen molar-refractivity contribution in [2.75, 3.05) is 25.0 Å². The van der Waals surface area contributed by atoms with Crippen LogP contribution in [-0.2, 0) is 9.59 Å². The fraction of sp³-hybridized carbons (Fsp3) is 0.318. The topological polar surface area (TPSA) is 75.7 Å². The van der Waals surface area contributed by atoms with Crippen molar-refractivity contribution in [3.05, 3.63) is 60.2 Å². The van der Waals surface area contributed by atoms with Gasteiger partial charge in [0.25, 0.3) is 5.91 Å². The second kappa shape index (κ2) is 9.17. The van der Waals surface area contributed by atoms with Crippen molar-refractivity contribution < 1.29 is 19.1 Å². The van der Waals surface area contributed by atoms with Crippen molar-refractivity contribution in [2.24, 2.45) is 5.92 Å². The fourth-order valence-corrected chi connectivity index (χ4v) is 3.21. The van der Waals surface area contributed by atoms with E-state index in [-0.39, 0.29) is 30.1 Å². The summed E-state index contributed by atoms with van der Waals surface area (Å²) in [5.74, 6) is 0.0783. The predicted molar refractivity (Wildman–Crippen MR) is 106 cm³/mol. The number of nitrogens with zero attached hydrogens (tertiary/aromatic N) is 1. The quantitative estimate of drug-likeness (QED) is 0.781. The number of likely N-dealkylation sites (tertiary alicyclic amines) is 1. The second-order valence-electron chi connectivity index (χ2n) is 6.90. The van der Waals surface area contributed by atoms with E-state index in [1.54, 1.807) is 29.2 Å². The lowest BCUT2D eigenvalue weighted by Crippen LogP contribution is -2.45. The van der Waals surface area contributed by atoms with Crippen LogP contribution in [0.4, 0.5) is 5.69 Å². The van der Waals surface area contributed by atoms with E-state index in [0.29, 0.717) is 24.4 Å². The Hall–Kier alpha value is -3.15. The Morgan fingerprint density at radius 3 is 2.46 bits per heavy atom. The molecule has 2 amide bonds. The number of ketones is 1. The molecule has 0 radical (unpaired) electrons. The summed E-state index contributed by atoms with van der Waals surface area (Å²) < 4.78 is 5.54. The van der Waals surface area contributed by atoms with Gasteiger partial charge < -0.3 is 15.0 Å². The number of Topliss-reactive ketones (excluding diaryl/α,β-unsaturated/α-hetero) is 1. The Morgan fingerprint density at radius 1 is 1.07 bits per heavy atom. The van der Waals surface area contributed by atoms with Crippen LogP contribution in [0.5, 0.6) is 5.75 Å². The van der Waals surface area contributed by atoms with Crippen LogP contribution < -0.4 is 10.1 Å². The summed E-state index contributed by atoms with van der Waals surface area (Å²) in [6.07, 6.45) is 1.54. The van der Waals surface area contributed by atoms with Gasteiger partial charge in [-0.3, -0.25) is 14.4 Å². The smallest absolute Gasteiger partial charge is 0.260 e. The van der Waals surface area contributed by atoms with Gasteiger partial charge in [0.2, 0.25) is 5.91 Å². The van der Waals surface area contributed by atoms with Crippen molar-refractivity contribution >= 4 is 23.3 Å². The molecule has 0 aromatic heterocycles. The maximum absolute atomic E-state index is 12.5. The van der Waals surface area contributed by atoms with E-state index in [2.05, 4.69) is 5.32 Å². The minimum Gasteiger partial charge on any atom is -0.484 e. The van der Waals surface area contributed by atoms with Gasteiger partial charge in [0.05, 0.1) is 5.92 Å². The minimum absolute atomic E-state index is 0.0178. The fourth-order valence-electron chi connectivity index (χ4n) is 3.21. The van der Waals surface area contributed by atoms with Gasteiger partial charge in [-0.15, -0.1) is 0 Å². The molecule has 1 aliphatic rings. The lowest BCUT2D eigenvalue weighted by atomic mass is 9.97. The number of amides is 2. The zero-order chi connectivity index (χ0) is 19.9. The molecule has 0 aliphatic carbocycles. The average Bonchev–Trinajstić information content (AvgIpc) is 2.73. The molecule has 1 heterocycles. The summed E-state index contributed by atoms with van der Waals surface area (Å²) in [5.41, 5.74) is 1.36. The number of carbonyl (C=O) groups is 3. The molecule has 2 aromatic carbocycles. The standard InChI is InChI=1S/C22H24N2O4/c1-16(25)17-9-11-20(12-10-17)28-15-21(26)24-13-5-6-18(14-24)22(27)23-19-7-3-2-4-8-19/h2-4,7-12,18H,5-6,13-15H2,1H3,(H,23,27). The van der Waals surface area contributed by atoms with Crippen molar-refractivity contribution in [3.63, 3.8) is 0 Å². The van der Waals surface area contributed by atoms with E-state index in [9.17, 15) is 14.4 Å². The highest BCUT2D eigenvalue weighted by Gasteiger charge is 2.28. The van der Waals surface area contributed by atoms with Crippen LogP contribution in [0, 0.1) is 5.92 Å². The van der Waals surface area contributed by atoms with Crippen LogP contribution in [0.1, 0.15) is 30.1 Å². The summed E-state index contributed by atoms with van der Waals surface area (Å²) in [5, 5.41) is 2.91. The van der Waals surface area contributed by atoms with Gasteiger partial charge >= 0.3 is 0 Å². The summed E-state index contributed by atoms with van der Waals surface area (Å²) in [4.78, 5) is 38.0. The van der Waals surface area contributed by atoms with Gasteiger partial charge in [-0.25, -0.2) is 0 Å². The number of benzene rings is 2. The normalized spacial score (nSPS) is 16.3. The lowest BCUT2D eigenvalue weighted by molar-refractivity contribution is -0.136. The molecule has 2 aromatic rings. The molecule has 0 spiro atoms. The summed E-state index contributed by atoms with van der Waals surface area (Å²) in [6, 6.07) is 16.0. The van der Waals surface area contributed by atoms with Crippen molar-refractivity contribution in [3.8, 4) is 5.75 Å². The Balaban J connectivity index is 1.51. The molecule has 1 saturated heterocycles. The zero-order valence-electron chi connectivity index (χ0n) is 15.9. The van der Waals surface area contributed by atoms with E-state index in [1.165, 1.54) is 6.92 Å². The number of carbonyl (C=O) groups excluding carboxylic acids is 3. The predicted octanol–water partition coefficient (Wildman–Crippen LogP) is 3.15. The van der Waals surface area contributed by atoms with Crippen LogP contribution in [-0.4, -0.2) is 42.2 Å². The van der Waals surface area contributed by atoms with Gasteiger partial charge in [0, 0.05) is 24.3 Å².